The van der Waals surface area contributed by atoms with Crippen molar-refractivity contribution in [2.75, 3.05) is 25.1 Å². The summed E-state index contributed by atoms with van der Waals surface area (Å²) in [5, 5.41) is 0.628. The summed E-state index contributed by atoms with van der Waals surface area (Å²) in [6.07, 6.45) is 8.35. The van der Waals surface area contributed by atoms with E-state index in [1.54, 1.807) is 12.4 Å². The molecule has 8 heteroatoms. The molecule has 0 radical (unpaired) electrons. The normalized spacial score (nSPS) is 23.9. The van der Waals surface area contributed by atoms with Crippen LogP contribution in [0.25, 0.3) is 17.2 Å². The first-order valence-corrected chi connectivity index (χ1v) is 9.76. The molecule has 0 N–H and O–H groups in total. The van der Waals surface area contributed by atoms with E-state index in [1.165, 1.54) is 7.11 Å². The molecule has 3 aromatic heterocycles. The topological polar surface area (TPSA) is 72.6 Å². The minimum Gasteiger partial charge on any atom is -0.469 e. The summed E-state index contributed by atoms with van der Waals surface area (Å²) in [4.78, 5) is 27.9. The Hall–Kier alpha value is -2.67. The van der Waals surface area contributed by atoms with Gasteiger partial charge in [-0.3, -0.25) is 9.20 Å². The largest absolute Gasteiger partial charge is 0.469 e. The van der Waals surface area contributed by atoms with Gasteiger partial charge in [-0.2, -0.15) is 0 Å². The fraction of sp³-hybridized carbons (Fsp3) is 0.400. The second-order valence-corrected chi connectivity index (χ2v) is 8.06. The number of ether oxygens (including phenoxy) is 1. The second-order valence-electron chi connectivity index (χ2n) is 7.62. The molecule has 1 saturated carbocycles. The van der Waals surface area contributed by atoms with Crippen molar-refractivity contribution >= 4 is 29.0 Å². The van der Waals surface area contributed by atoms with Crippen molar-refractivity contribution in [2.24, 2.45) is 11.3 Å². The summed E-state index contributed by atoms with van der Waals surface area (Å²) in [7, 11) is 1.47. The number of esters is 1. The Kier molecular flexibility index (Phi) is 4.01. The Morgan fingerprint density at radius 1 is 1.32 bits per heavy atom. The SMILES string of the molecule is COC(=O)C1CC12CCCN(c1ccnc(-c3cnc4ccc(Cl)cn34)n1)C2. The Labute approximate surface area is 167 Å². The first-order valence-electron chi connectivity index (χ1n) is 9.38. The summed E-state index contributed by atoms with van der Waals surface area (Å²) >= 11 is 6.14. The molecule has 5 rings (SSSR count). The van der Waals surface area contributed by atoms with Crippen molar-refractivity contribution in [3.05, 3.63) is 41.8 Å². The van der Waals surface area contributed by atoms with E-state index < -0.39 is 0 Å². The van der Waals surface area contributed by atoms with Crippen LogP contribution in [0.5, 0.6) is 0 Å². The van der Waals surface area contributed by atoms with Gasteiger partial charge in [0.25, 0.3) is 0 Å². The first kappa shape index (κ1) is 17.4. The van der Waals surface area contributed by atoms with E-state index >= 15 is 0 Å². The molecule has 0 amide bonds. The van der Waals surface area contributed by atoms with Crippen LogP contribution in [-0.4, -0.2) is 45.5 Å². The molecule has 0 aromatic carbocycles. The van der Waals surface area contributed by atoms with E-state index in [4.69, 9.17) is 21.3 Å². The maximum absolute atomic E-state index is 12.0. The smallest absolute Gasteiger partial charge is 0.309 e. The number of imidazole rings is 1. The number of aromatic nitrogens is 4. The molecule has 1 spiro atoms. The summed E-state index contributed by atoms with van der Waals surface area (Å²) in [6.45, 7) is 1.74. The molecular formula is C20H20ClN5O2. The third-order valence-electron chi connectivity index (χ3n) is 5.95. The fourth-order valence-electron chi connectivity index (χ4n) is 4.40. The van der Waals surface area contributed by atoms with Crippen LogP contribution in [-0.2, 0) is 9.53 Å². The third kappa shape index (κ3) is 2.81. The third-order valence-corrected chi connectivity index (χ3v) is 6.17. The molecule has 2 fully saturated rings. The Bertz CT molecular complexity index is 1070. The number of piperidine rings is 1. The molecule has 28 heavy (non-hydrogen) atoms. The summed E-state index contributed by atoms with van der Waals surface area (Å²) in [6, 6.07) is 5.60. The molecule has 1 aliphatic heterocycles. The fourth-order valence-corrected chi connectivity index (χ4v) is 4.56. The van der Waals surface area contributed by atoms with Crippen LogP contribution >= 0.6 is 11.6 Å². The second kappa shape index (κ2) is 6.44. The van der Waals surface area contributed by atoms with Gasteiger partial charge in [0.2, 0.25) is 0 Å². The highest BCUT2D eigenvalue weighted by Crippen LogP contribution is 2.58. The Balaban J connectivity index is 1.44. The van der Waals surface area contributed by atoms with Crippen molar-refractivity contribution in [1.82, 2.24) is 19.4 Å². The van der Waals surface area contributed by atoms with Crippen molar-refractivity contribution < 1.29 is 9.53 Å². The average molecular weight is 398 g/mol. The number of methoxy groups -OCH3 is 1. The van der Waals surface area contributed by atoms with E-state index in [-0.39, 0.29) is 17.3 Å². The van der Waals surface area contributed by atoms with Crippen molar-refractivity contribution in [3.63, 3.8) is 0 Å². The van der Waals surface area contributed by atoms with Gasteiger partial charge in [-0.1, -0.05) is 11.6 Å². The highest BCUT2D eigenvalue weighted by atomic mass is 35.5. The van der Waals surface area contributed by atoms with E-state index in [2.05, 4.69) is 14.9 Å². The maximum atomic E-state index is 12.0. The number of hydrogen-bond acceptors (Lipinski definition) is 6. The van der Waals surface area contributed by atoms with E-state index in [1.807, 2.05) is 28.8 Å². The zero-order chi connectivity index (χ0) is 19.3. The van der Waals surface area contributed by atoms with Gasteiger partial charge in [0.15, 0.2) is 5.82 Å². The zero-order valence-corrected chi connectivity index (χ0v) is 16.3. The van der Waals surface area contributed by atoms with Gasteiger partial charge in [-0.05, 0) is 37.5 Å². The number of nitrogens with zero attached hydrogens (tertiary/aromatic N) is 5. The van der Waals surface area contributed by atoms with Crippen LogP contribution in [0.4, 0.5) is 5.82 Å². The summed E-state index contributed by atoms with van der Waals surface area (Å²) in [5.41, 5.74) is 1.63. The molecule has 3 aromatic rings. The molecular weight excluding hydrogens is 378 g/mol. The Morgan fingerprint density at radius 3 is 3.07 bits per heavy atom. The predicted octanol–water partition coefficient (Wildman–Crippen LogP) is 3.22. The lowest BCUT2D eigenvalue weighted by molar-refractivity contribution is -0.143. The van der Waals surface area contributed by atoms with Crippen molar-refractivity contribution in [1.29, 1.82) is 0 Å². The maximum Gasteiger partial charge on any atom is 0.309 e. The van der Waals surface area contributed by atoms with Gasteiger partial charge in [0.1, 0.15) is 17.2 Å². The number of rotatable bonds is 3. The molecule has 2 aliphatic rings. The monoisotopic (exact) mass is 397 g/mol. The van der Waals surface area contributed by atoms with Crippen LogP contribution in [0.15, 0.2) is 36.8 Å². The van der Waals surface area contributed by atoms with Gasteiger partial charge in [-0.15, -0.1) is 0 Å². The molecule has 144 valence electrons. The number of anilines is 1. The molecule has 1 saturated heterocycles. The molecule has 2 unspecified atom stereocenters. The lowest BCUT2D eigenvalue weighted by Gasteiger charge is -2.34. The van der Waals surface area contributed by atoms with Crippen LogP contribution in [0.3, 0.4) is 0 Å². The standard InChI is InChI=1S/C20H20ClN5O2/c1-28-19(27)14-9-20(14)6-2-8-25(12-20)17-5-7-22-18(24-17)15-10-23-16-4-3-13(21)11-26(15)16/h3-5,7,10-11,14H,2,6,8-9,12H2,1H3. The minimum absolute atomic E-state index is 0.0162. The number of carbonyl (C=O) groups excluding carboxylic acids is 1. The highest BCUT2D eigenvalue weighted by Gasteiger charge is 2.60. The highest BCUT2D eigenvalue weighted by molar-refractivity contribution is 6.30. The van der Waals surface area contributed by atoms with Crippen molar-refractivity contribution in [2.45, 2.75) is 19.3 Å². The quantitative estimate of drug-likeness (QED) is 0.632. The van der Waals surface area contributed by atoms with E-state index in [9.17, 15) is 4.79 Å². The first-order chi connectivity index (χ1) is 13.6. The lowest BCUT2D eigenvalue weighted by atomic mass is 9.92. The molecule has 0 bridgehead atoms. The number of halogens is 1. The van der Waals surface area contributed by atoms with Gasteiger partial charge in [0, 0.05) is 30.9 Å². The van der Waals surface area contributed by atoms with E-state index in [0.29, 0.717) is 10.8 Å². The average Bonchev–Trinajstić information content (AvgIpc) is 3.23. The van der Waals surface area contributed by atoms with Crippen LogP contribution in [0.1, 0.15) is 19.3 Å². The van der Waals surface area contributed by atoms with Crippen molar-refractivity contribution in [3.8, 4) is 11.5 Å². The molecule has 7 nitrogen and oxygen atoms in total. The molecule has 1 aliphatic carbocycles. The minimum atomic E-state index is -0.0900. The summed E-state index contributed by atoms with van der Waals surface area (Å²) < 4.78 is 6.85. The van der Waals surface area contributed by atoms with Gasteiger partial charge >= 0.3 is 5.97 Å². The number of hydrogen-bond donors (Lipinski definition) is 0. The predicted molar refractivity (Wildman–Crippen MR) is 105 cm³/mol. The van der Waals surface area contributed by atoms with Crippen LogP contribution in [0, 0.1) is 11.3 Å². The van der Waals surface area contributed by atoms with Crippen LogP contribution in [0.2, 0.25) is 5.02 Å². The number of pyridine rings is 1. The number of fused-ring (bicyclic) bond motifs is 1. The summed E-state index contributed by atoms with van der Waals surface area (Å²) in [5.74, 6) is 1.40. The molecule has 2 atom stereocenters. The zero-order valence-electron chi connectivity index (χ0n) is 15.5. The molecule has 4 heterocycles. The van der Waals surface area contributed by atoms with Crippen LogP contribution < -0.4 is 4.90 Å². The van der Waals surface area contributed by atoms with Gasteiger partial charge < -0.3 is 9.64 Å². The van der Waals surface area contributed by atoms with Gasteiger partial charge in [0.05, 0.1) is 24.2 Å². The van der Waals surface area contributed by atoms with Gasteiger partial charge in [-0.25, -0.2) is 15.0 Å². The van der Waals surface area contributed by atoms with E-state index in [0.717, 1.165) is 49.5 Å². The number of carbonyl (C=O) groups is 1. The Morgan fingerprint density at radius 2 is 2.21 bits per heavy atom. The lowest BCUT2D eigenvalue weighted by Crippen LogP contribution is -2.38.